The summed E-state index contributed by atoms with van der Waals surface area (Å²) in [6.07, 6.45) is -0.881. The number of aliphatic hydroxyl groups is 2. The molecule has 1 aliphatic heterocycles. The first-order valence-electron chi connectivity index (χ1n) is 13.7. The van der Waals surface area contributed by atoms with Crippen LogP contribution in [-0.2, 0) is 37.0 Å². The Bertz CT molecular complexity index is 1280. The summed E-state index contributed by atoms with van der Waals surface area (Å²) in [6.45, 7) is 3.26. The molecule has 3 aromatic rings. The van der Waals surface area contributed by atoms with Gasteiger partial charge in [0.2, 0.25) is 0 Å². The first kappa shape index (κ1) is 30.7. The van der Waals surface area contributed by atoms with Crippen LogP contribution in [0.25, 0.3) is 11.1 Å². The van der Waals surface area contributed by atoms with Crippen LogP contribution in [0.5, 0.6) is 0 Å². The minimum atomic E-state index is -0.847. The summed E-state index contributed by atoms with van der Waals surface area (Å²) in [5, 5.41) is 21.4. The van der Waals surface area contributed by atoms with Crippen molar-refractivity contribution in [1.82, 2.24) is 5.32 Å². The van der Waals surface area contributed by atoms with Crippen molar-refractivity contribution in [2.24, 2.45) is 0 Å². The molecule has 0 spiro atoms. The number of rotatable bonds is 12. The predicted octanol–water partition coefficient (Wildman–Crippen LogP) is 4.68. The standard InChI is InChI=1S/C32H37NO7S/c1-21(38-22(2)36)31(37)33-18-24-4-3-5-28(16-24)25-10-12-27(13-11-25)32-39-29(20-41-15-14-34)17-30(40-32)26-8-6-23(19-35)7-9-26/h3-13,16,21,29-30,32,34-35H,14-15,17-20H2,1-2H3,(H,33,37)/t21-,29-,30+,32+/m0/s1. The van der Waals surface area contributed by atoms with E-state index in [1.54, 1.807) is 18.7 Å². The van der Waals surface area contributed by atoms with E-state index in [1.165, 1.54) is 6.92 Å². The van der Waals surface area contributed by atoms with Gasteiger partial charge in [0, 0.05) is 37.0 Å². The smallest absolute Gasteiger partial charge is 0.303 e. The molecular formula is C32H37NO7S. The van der Waals surface area contributed by atoms with E-state index in [1.807, 2.05) is 72.8 Å². The van der Waals surface area contributed by atoms with Crippen molar-refractivity contribution in [3.8, 4) is 11.1 Å². The molecule has 0 aromatic heterocycles. The van der Waals surface area contributed by atoms with E-state index >= 15 is 0 Å². The van der Waals surface area contributed by atoms with Gasteiger partial charge in [0.25, 0.3) is 5.91 Å². The molecule has 41 heavy (non-hydrogen) atoms. The number of hydrogen-bond donors (Lipinski definition) is 3. The fourth-order valence-corrected chi connectivity index (χ4v) is 5.40. The molecule has 1 amide bonds. The van der Waals surface area contributed by atoms with Crippen LogP contribution in [0.4, 0.5) is 0 Å². The van der Waals surface area contributed by atoms with Gasteiger partial charge in [0.1, 0.15) is 0 Å². The largest absolute Gasteiger partial charge is 0.453 e. The van der Waals surface area contributed by atoms with Crippen molar-refractivity contribution in [2.75, 3.05) is 18.1 Å². The van der Waals surface area contributed by atoms with Crippen LogP contribution in [0, 0.1) is 0 Å². The van der Waals surface area contributed by atoms with Crippen LogP contribution in [0.3, 0.4) is 0 Å². The third-order valence-corrected chi connectivity index (χ3v) is 7.85. The van der Waals surface area contributed by atoms with Crippen LogP contribution in [0.2, 0.25) is 0 Å². The van der Waals surface area contributed by atoms with Gasteiger partial charge in [-0.25, -0.2) is 0 Å². The van der Waals surface area contributed by atoms with Gasteiger partial charge in [-0.1, -0.05) is 66.7 Å². The second kappa shape index (κ2) is 15.1. The molecule has 0 unspecified atom stereocenters. The van der Waals surface area contributed by atoms with Gasteiger partial charge >= 0.3 is 5.97 Å². The molecule has 8 nitrogen and oxygen atoms in total. The Morgan fingerprint density at radius 1 is 0.976 bits per heavy atom. The van der Waals surface area contributed by atoms with Crippen molar-refractivity contribution in [2.45, 2.75) is 58.0 Å². The van der Waals surface area contributed by atoms with Gasteiger partial charge in [-0.05, 0) is 40.8 Å². The van der Waals surface area contributed by atoms with Gasteiger partial charge in [-0.15, -0.1) is 0 Å². The van der Waals surface area contributed by atoms with E-state index < -0.39 is 18.4 Å². The molecule has 3 N–H and O–H groups in total. The second-order valence-corrected chi connectivity index (χ2v) is 11.1. The van der Waals surface area contributed by atoms with E-state index in [0.29, 0.717) is 18.7 Å². The van der Waals surface area contributed by atoms with Crippen molar-refractivity contribution < 1.29 is 34.0 Å². The van der Waals surface area contributed by atoms with Crippen molar-refractivity contribution in [3.05, 3.63) is 95.1 Å². The Morgan fingerprint density at radius 3 is 2.39 bits per heavy atom. The maximum absolute atomic E-state index is 12.2. The van der Waals surface area contributed by atoms with Gasteiger partial charge in [-0.2, -0.15) is 11.8 Å². The highest BCUT2D eigenvalue weighted by atomic mass is 32.2. The van der Waals surface area contributed by atoms with Gasteiger partial charge in [0.05, 0.1) is 25.4 Å². The first-order valence-corrected chi connectivity index (χ1v) is 14.8. The van der Waals surface area contributed by atoms with E-state index in [4.69, 9.17) is 14.2 Å². The molecule has 1 fully saturated rings. The lowest BCUT2D eigenvalue weighted by molar-refractivity contribution is -0.245. The molecule has 1 heterocycles. The zero-order valence-corrected chi connectivity index (χ0v) is 24.1. The average molecular weight is 580 g/mol. The SMILES string of the molecule is CC(=O)O[C@@H](C)C(=O)NCc1cccc(-c2ccc([C@@H]3O[C@H](CSCCO)C[C@H](c4ccc(CO)cc4)O3)cc2)c1. The monoisotopic (exact) mass is 579 g/mol. The number of carbonyl (C=O) groups is 2. The highest BCUT2D eigenvalue weighted by Gasteiger charge is 2.32. The average Bonchev–Trinajstić information content (AvgIpc) is 3.00. The maximum atomic E-state index is 12.2. The van der Waals surface area contributed by atoms with Crippen LogP contribution < -0.4 is 5.32 Å². The molecule has 1 aliphatic rings. The highest BCUT2D eigenvalue weighted by Crippen LogP contribution is 2.39. The summed E-state index contributed by atoms with van der Waals surface area (Å²) in [5.74, 6) is 0.569. The number of esters is 1. The number of aliphatic hydroxyl groups excluding tert-OH is 2. The van der Waals surface area contributed by atoms with Crippen LogP contribution in [0.1, 0.15) is 54.9 Å². The fraction of sp³-hybridized carbons (Fsp3) is 0.375. The van der Waals surface area contributed by atoms with E-state index in [2.05, 4.69) is 5.32 Å². The van der Waals surface area contributed by atoms with Gasteiger partial charge < -0.3 is 29.7 Å². The van der Waals surface area contributed by atoms with Crippen LogP contribution in [-0.4, -0.2) is 52.4 Å². The second-order valence-electron chi connectivity index (χ2n) is 9.94. The molecular weight excluding hydrogens is 542 g/mol. The Kier molecular flexibility index (Phi) is 11.4. The zero-order chi connectivity index (χ0) is 29.2. The summed E-state index contributed by atoms with van der Waals surface area (Å²) in [7, 11) is 0. The number of thioether (sulfide) groups is 1. The summed E-state index contributed by atoms with van der Waals surface area (Å²) < 4.78 is 17.7. The fourth-order valence-electron chi connectivity index (χ4n) is 4.63. The van der Waals surface area contributed by atoms with E-state index in [0.717, 1.165) is 39.1 Å². The topological polar surface area (TPSA) is 114 Å². The number of amides is 1. The molecule has 1 saturated heterocycles. The lowest BCUT2D eigenvalue weighted by atomic mass is 9.99. The lowest BCUT2D eigenvalue weighted by Crippen LogP contribution is -2.35. The van der Waals surface area contributed by atoms with Crippen molar-refractivity contribution in [3.63, 3.8) is 0 Å². The summed E-state index contributed by atoms with van der Waals surface area (Å²) in [6, 6.07) is 23.8. The normalized spacial score (nSPS) is 19.4. The van der Waals surface area contributed by atoms with Crippen LogP contribution in [0.15, 0.2) is 72.8 Å². The Balaban J connectivity index is 1.45. The lowest BCUT2D eigenvalue weighted by Gasteiger charge is -2.36. The molecule has 4 atom stereocenters. The first-order chi connectivity index (χ1) is 19.9. The molecule has 0 saturated carbocycles. The summed E-state index contributed by atoms with van der Waals surface area (Å²) >= 11 is 1.66. The summed E-state index contributed by atoms with van der Waals surface area (Å²) in [4.78, 5) is 23.3. The quantitative estimate of drug-likeness (QED) is 0.209. The molecule has 9 heteroatoms. The minimum absolute atomic E-state index is 0.00283. The number of ether oxygens (including phenoxy) is 3. The van der Waals surface area contributed by atoms with Crippen molar-refractivity contribution >= 4 is 23.6 Å². The van der Waals surface area contributed by atoms with Gasteiger partial charge in [0.15, 0.2) is 12.4 Å². The molecule has 3 aromatic carbocycles. The third kappa shape index (κ3) is 8.89. The molecule has 4 rings (SSSR count). The number of carbonyl (C=O) groups excluding carboxylic acids is 2. The van der Waals surface area contributed by atoms with Gasteiger partial charge in [-0.3, -0.25) is 9.59 Å². The molecule has 218 valence electrons. The van der Waals surface area contributed by atoms with E-state index in [9.17, 15) is 19.8 Å². The Hall–Kier alpha value is -3.21. The Morgan fingerprint density at radius 2 is 1.71 bits per heavy atom. The summed E-state index contributed by atoms with van der Waals surface area (Å²) in [5.41, 5.74) is 5.73. The van der Waals surface area contributed by atoms with Crippen LogP contribution >= 0.6 is 11.8 Å². The molecule has 0 radical (unpaired) electrons. The van der Waals surface area contributed by atoms with E-state index in [-0.39, 0.29) is 31.3 Å². The third-order valence-electron chi connectivity index (χ3n) is 6.78. The zero-order valence-electron chi connectivity index (χ0n) is 23.3. The number of nitrogens with one attached hydrogen (secondary N) is 1. The molecule has 0 aliphatic carbocycles. The Labute approximate surface area is 245 Å². The highest BCUT2D eigenvalue weighted by molar-refractivity contribution is 7.99. The minimum Gasteiger partial charge on any atom is -0.453 e. The van der Waals surface area contributed by atoms with Crippen molar-refractivity contribution in [1.29, 1.82) is 0 Å². The number of hydrogen-bond acceptors (Lipinski definition) is 8. The maximum Gasteiger partial charge on any atom is 0.303 e. The predicted molar refractivity (Wildman–Crippen MR) is 158 cm³/mol. The molecule has 0 bridgehead atoms. The number of benzene rings is 3.